The van der Waals surface area contributed by atoms with E-state index < -0.39 is 17.8 Å². The second-order valence-electron chi connectivity index (χ2n) is 9.60. The van der Waals surface area contributed by atoms with Gasteiger partial charge in [-0.15, -0.1) is 0 Å². The molecule has 7 nitrogen and oxygen atoms in total. The molecule has 1 aliphatic rings. The topological polar surface area (TPSA) is 100 Å². The highest BCUT2D eigenvalue weighted by molar-refractivity contribution is 6.02. The largest absolute Gasteiger partial charge is 0.496 e. The molecule has 4 aromatic rings. The number of rotatable bonds is 8. The SMILES string of the molecule is COc1ccccc1CNC(=O)c1cc(C2NC(=O)CC(C)=C2C(=O)Cc2ccc3[nH]ccc3c2)ccc1F. The maximum atomic E-state index is 14.8. The standard InChI is InChI=1S/C31H28FN3O4/c1-18-13-28(37)35-30(29(18)26(36)15-19-7-10-25-20(14-19)11-12-33-25)21-8-9-24(32)23(16-21)31(38)34-17-22-5-3-4-6-27(22)39-2/h3-12,14,16,30,33H,13,15,17H2,1-2H3,(H,34,38)(H,35,37). The molecule has 0 fully saturated rings. The first-order chi connectivity index (χ1) is 18.8. The fraction of sp³-hybridized carbons (Fsp3) is 0.194. The molecule has 0 bridgehead atoms. The van der Waals surface area contributed by atoms with E-state index in [0.29, 0.717) is 22.5 Å². The smallest absolute Gasteiger partial charge is 0.254 e. The van der Waals surface area contributed by atoms with E-state index >= 15 is 0 Å². The fourth-order valence-corrected chi connectivity index (χ4v) is 5.03. The molecule has 2 heterocycles. The van der Waals surface area contributed by atoms with E-state index in [4.69, 9.17) is 4.74 Å². The Morgan fingerprint density at radius 2 is 1.90 bits per heavy atom. The molecule has 0 aliphatic carbocycles. The van der Waals surface area contributed by atoms with Gasteiger partial charge in [-0.25, -0.2) is 4.39 Å². The molecule has 0 saturated carbocycles. The van der Waals surface area contributed by atoms with Crippen molar-refractivity contribution in [1.82, 2.24) is 15.6 Å². The van der Waals surface area contributed by atoms with E-state index in [9.17, 15) is 18.8 Å². The zero-order valence-corrected chi connectivity index (χ0v) is 21.6. The molecule has 0 radical (unpaired) electrons. The molecule has 198 valence electrons. The number of hydrogen-bond acceptors (Lipinski definition) is 4. The third-order valence-corrected chi connectivity index (χ3v) is 6.96. The maximum absolute atomic E-state index is 14.8. The van der Waals surface area contributed by atoms with Gasteiger partial charge in [0, 0.05) is 42.2 Å². The summed E-state index contributed by atoms with van der Waals surface area (Å²) < 4.78 is 20.1. The number of Topliss-reactive ketones (excluding diaryl/α,β-unsaturated/α-hetero) is 1. The molecular formula is C31H28FN3O4. The number of carbonyl (C=O) groups is 3. The van der Waals surface area contributed by atoms with Crippen LogP contribution < -0.4 is 15.4 Å². The highest BCUT2D eigenvalue weighted by atomic mass is 19.1. The average molecular weight is 526 g/mol. The van der Waals surface area contributed by atoms with Crippen LogP contribution in [0, 0.1) is 5.82 Å². The van der Waals surface area contributed by atoms with Crippen molar-refractivity contribution in [2.45, 2.75) is 32.4 Å². The van der Waals surface area contributed by atoms with Gasteiger partial charge in [0.25, 0.3) is 5.91 Å². The van der Waals surface area contributed by atoms with Gasteiger partial charge in [-0.2, -0.15) is 0 Å². The molecule has 39 heavy (non-hydrogen) atoms. The first-order valence-corrected chi connectivity index (χ1v) is 12.6. The first-order valence-electron chi connectivity index (χ1n) is 12.6. The second-order valence-corrected chi connectivity index (χ2v) is 9.60. The van der Waals surface area contributed by atoms with Crippen LogP contribution in [0.1, 0.15) is 46.4 Å². The summed E-state index contributed by atoms with van der Waals surface area (Å²) in [5.74, 6) is -1.09. The Morgan fingerprint density at radius 3 is 2.72 bits per heavy atom. The van der Waals surface area contributed by atoms with E-state index in [1.807, 2.05) is 48.7 Å². The molecule has 1 atom stereocenters. The molecule has 5 rings (SSSR count). The Morgan fingerprint density at radius 1 is 1.08 bits per heavy atom. The van der Waals surface area contributed by atoms with Crippen molar-refractivity contribution < 1.29 is 23.5 Å². The predicted octanol–water partition coefficient (Wildman–Crippen LogP) is 4.93. The van der Waals surface area contributed by atoms with Crippen LogP contribution in [-0.4, -0.2) is 29.7 Å². The Hall–Kier alpha value is -4.72. The van der Waals surface area contributed by atoms with Crippen molar-refractivity contribution in [3.8, 4) is 5.75 Å². The Labute approximate surface area is 225 Å². The van der Waals surface area contributed by atoms with Gasteiger partial charge in [0.1, 0.15) is 11.6 Å². The molecule has 0 saturated heterocycles. The van der Waals surface area contributed by atoms with Crippen molar-refractivity contribution in [2.24, 2.45) is 0 Å². The number of ketones is 1. The second kappa shape index (κ2) is 10.9. The zero-order valence-electron chi connectivity index (χ0n) is 21.6. The van der Waals surface area contributed by atoms with Crippen LogP contribution in [0.15, 0.2) is 84.1 Å². The molecule has 3 aromatic carbocycles. The molecule has 1 unspecified atom stereocenters. The summed E-state index contributed by atoms with van der Waals surface area (Å²) in [5, 5.41) is 6.60. The maximum Gasteiger partial charge on any atom is 0.254 e. The number of ether oxygens (including phenoxy) is 1. The molecule has 1 aromatic heterocycles. The fourth-order valence-electron chi connectivity index (χ4n) is 5.03. The number of benzene rings is 3. The van der Waals surface area contributed by atoms with E-state index in [1.165, 1.54) is 25.3 Å². The number of amides is 2. The lowest BCUT2D eigenvalue weighted by Gasteiger charge is -2.28. The number of aromatic amines is 1. The average Bonchev–Trinajstić information content (AvgIpc) is 3.39. The van der Waals surface area contributed by atoms with Crippen molar-refractivity contribution >= 4 is 28.5 Å². The van der Waals surface area contributed by atoms with E-state index in [0.717, 1.165) is 22.0 Å². The van der Waals surface area contributed by atoms with Gasteiger partial charge in [-0.3, -0.25) is 14.4 Å². The molecule has 0 spiro atoms. The van der Waals surface area contributed by atoms with Crippen molar-refractivity contribution in [3.63, 3.8) is 0 Å². The van der Waals surface area contributed by atoms with Crippen LogP contribution in [0.25, 0.3) is 10.9 Å². The highest BCUT2D eigenvalue weighted by Crippen LogP contribution is 2.32. The Kier molecular flexibility index (Phi) is 7.27. The predicted molar refractivity (Wildman–Crippen MR) is 146 cm³/mol. The molecular weight excluding hydrogens is 497 g/mol. The third kappa shape index (κ3) is 5.45. The molecule has 8 heteroatoms. The number of hydrogen-bond donors (Lipinski definition) is 3. The first kappa shape index (κ1) is 25.9. The monoisotopic (exact) mass is 525 g/mol. The summed E-state index contributed by atoms with van der Waals surface area (Å²) in [6.45, 7) is 1.90. The number of nitrogens with one attached hydrogen (secondary N) is 3. The van der Waals surface area contributed by atoms with Gasteiger partial charge >= 0.3 is 0 Å². The summed E-state index contributed by atoms with van der Waals surface area (Å²) in [4.78, 5) is 42.2. The number of H-pyrrole nitrogens is 1. The van der Waals surface area contributed by atoms with Crippen LogP contribution >= 0.6 is 0 Å². The highest BCUT2D eigenvalue weighted by Gasteiger charge is 2.31. The number of para-hydroxylation sites is 1. The van der Waals surface area contributed by atoms with Crippen LogP contribution in [0.2, 0.25) is 0 Å². The van der Waals surface area contributed by atoms with Crippen molar-refractivity contribution in [3.05, 3.63) is 112 Å². The number of aromatic nitrogens is 1. The van der Waals surface area contributed by atoms with E-state index in [1.54, 1.807) is 13.0 Å². The lowest BCUT2D eigenvalue weighted by molar-refractivity contribution is -0.121. The summed E-state index contributed by atoms with van der Waals surface area (Å²) >= 11 is 0. The minimum Gasteiger partial charge on any atom is -0.496 e. The van der Waals surface area contributed by atoms with Crippen LogP contribution in [0.3, 0.4) is 0 Å². The van der Waals surface area contributed by atoms with Gasteiger partial charge in [0.05, 0.1) is 18.7 Å². The van der Waals surface area contributed by atoms with E-state index in [-0.39, 0.29) is 36.6 Å². The minimum absolute atomic E-state index is 0.0991. The number of fused-ring (bicyclic) bond motifs is 1. The molecule has 2 amide bonds. The van der Waals surface area contributed by atoms with Crippen molar-refractivity contribution in [2.75, 3.05) is 7.11 Å². The van der Waals surface area contributed by atoms with Gasteiger partial charge < -0.3 is 20.4 Å². The number of methoxy groups -OCH3 is 1. The molecule has 3 N–H and O–H groups in total. The number of carbonyl (C=O) groups excluding carboxylic acids is 3. The third-order valence-electron chi connectivity index (χ3n) is 6.96. The van der Waals surface area contributed by atoms with Crippen LogP contribution in [-0.2, 0) is 22.6 Å². The van der Waals surface area contributed by atoms with Gasteiger partial charge in [-0.05, 0) is 59.8 Å². The van der Waals surface area contributed by atoms with Crippen molar-refractivity contribution in [1.29, 1.82) is 0 Å². The lowest BCUT2D eigenvalue weighted by atomic mass is 9.85. The van der Waals surface area contributed by atoms with Crippen LogP contribution in [0.4, 0.5) is 4.39 Å². The van der Waals surface area contributed by atoms with Crippen LogP contribution in [0.5, 0.6) is 5.75 Å². The summed E-state index contributed by atoms with van der Waals surface area (Å²) in [5.41, 5.74) is 3.96. The molecule has 1 aliphatic heterocycles. The quantitative estimate of drug-likeness (QED) is 0.304. The van der Waals surface area contributed by atoms with Gasteiger partial charge in [-0.1, -0.05) is 35.9 Å². The van der Waals surface area contributed by atoms with Gasteiger partial charge in [0.2, 0.25) is 5.91 Å². The van der Waals surface area contributed by atoms with Gasteiger partial charge in [0.15, 0.2) is 5.78 Å². The summed E-state index contributed by atoms with van der Waals surface area (Å²) in [6, 6.07) is 18.2. The lowest BCUT2D eigenvalue weighted by Crippen LogP contribution is -2.37. The minimum atomic E-state index is -0.795. The normalized spacial score (nSPS) is 15.3. The number of halogens is 1. The van der Waals surface area contributed by atoms with E-state index in [2.05, 4.69) is 15.6 Å². The Balaban J connectivity index is 1.40. The zero-order chi connectivity index (χ0) is 27.5. The summed E-state index contributed by atoms with van der Waals surface area (Å²) in [6.07, 6.45) is 2.09. The Bertz CT molecular complexity index is 1620. The summed E-state index contributed by atoms with van der Waals surface area (Å²) in [7, 11) is 1.54.